The molecule has 0 radical (unpaired) electrons. The normalized spacial score (nSPS) is 11.8. The fourth-order valence-corrected chi connectivity index (χ4v) is 2.91. The van der Waals surface area contributed by atoms with Crippen molar-refractivity contribution in [3.8, 4) is 5.69 Å². The van der Waals surface area contributed by atoms with Gasteiger partial charge >= 0.3 is 0 Å². The van der Waals surface area contributed by atoms with Gasteiger partial charge < -0.3 is 0 Å². The number of nitrogens with one attached hydrogen (secondary N) is 1. The highest BCUT2D eigenvalue weighted by molar-refractivity contribution is 7.86. The summed E-state index contributed by atoms with van der Waals surface area (Å²) in [6, 6.07) is 3.52. The first-order valence-corrected chi connectivity index (χ1v) is 7.15. The standard InChI is InChI=1S/C10H8Cl2N2O4S/c1-5-2-10(15)14(13-5)8-3-7(12)9(4-6(8)11)19(16,17)18/h2-4,13H,1H3,(H,16,17,18). The molecule has 0 amide bonds. The van der Waals surface area contributed by atoms with E-state index >= 15 is 0 Å². The molecule has 0 aliphatic rings. The Kier molecular flexibility index (Phi) is 3.48. The van der Waals surface area contributed by atoms with Gasteiger partial charge in [0.05, 0.1) is 15.7 Å². The van der Waals surface area contributed by atoms with Gasteiger partial charge in [-0.2, -0.15) is 8.42 Å². The van der Waals surface area contributed by atoms with Gasteiger partial charge in [-0.15, -0.1) is 0 Å². The van der Waals surface area contributed by atoms with Crippen LogP contribution in [0.15, 0.2) is 27.9 Å². The maximum Gasteiger partial charge on any atom is 0.296 e. The number of halogens is 2. The third kappa shape index (κ3) is 2.69. The third-order valence-electron chi connectivity index (χ3n) is 2.37. The molecule has 9 heteroatoms. The number of benzene rings is 1. The lowest BCUT2D eigenvalue weighted by Crippen LogP contribution is -2.14. The summed E-state index contributed by atoms with van der Waals surface area (Å²) in [5, 5.41) is 2.46. The average Bonchev–Trinajstić information content (AvgIpc) is 2.59. The number of aromatic amines is 1. The van der Waals surface area contributed by atoms with Gasteiger partial charge in [0.25, 0.3) is 15.7 Å². The van der Waals surface area contributed by atoms with E-state index in [0.717, 1.165) is 10.7 Å². The molecule has 2 aromatic rings. The van der Waals surface area contributed by atoms with E-state index in [0.29, 0.717) is 5.69 Å². The van der Waals surface area contributed by atoms with Gasteiger partial charge in [0.1, 0.15) is 4.90 Å². The first-order valence-electron chi connectivity index (χ1n) is 4.95. The van der Waals surface area contributed by atoms with Crippen LogP contribution in [0, 0.1) is 6.92 Å². The maximum absolute atomic E-state index is 11.6. The van der Waals surface area contributed by atoms with Gasteiger partial charge in [-0.1, -0.05) is 23.2 Å². The molecule has 0 spiro atoms. The highest BCUT2D eigenvalue weighted by Crippen LogP contribution is 2.30. The molecule has 102 valence electrons. The Morgan fingerprint density at radius 2 is 1.84 bits per heavy atom. The lowest BCUT2D eigenvalue weighted by atomic mass is 10.3. The zero-order valence-electron chi connectivity index (χ0n) is 9.52. The van der Waals surface area contributed by atoms with Crippen molar-refractivity contribution in [2.24, 2.45) is 0 Å². The molecule has 0 atom stereocenters. The van der Waals surface area contributed by atoms with E-state index in [1.165, 1.54) is 12.1 Å². The summed E-state index contributed by atoms with van der Waals surface area (Å²) in [5.41, 5.74) is 0.434. The average molecular weight is 323 g/mol. The van der Waals surface area contributed by atoms with Gasteiger partial charge in [-0.05, 0) is 19.1 Å². The molecule has 6 nitrogen and oxygen atoms in total. The summed E-state index contributed by atoms with van der Waals surface area (Å²) >= 11 is 11.7. The van der Waals surface area contributed by atoms with E-state index in [1.807, 2.05) is 0 Å². The van der Waals surface area contributed by atoms with Crippen molar-refractivity contribution < 1.29 is 13.0 Å². The van der Waals surface area contributed by atoms with Crippen molar-refractivity contribution >= 4 is 33.3 Å². The quantitative estimate of drug-likeness (QED) is 0.827. The molecular formula is C10H8Cl2N2O4S. The van der Waals surface area contributed by atoms with Crippen LogP contribution in [0.4, 0.5) is 0 Å². The van der Waals surface area contributed by atoms with E-state index in [1.54, 1.807) is 6.92 Å². The second kappa shape index (κ2) is 4.68. The largest absolute Gasteiger partial charge is 0.296 e. The number of rotatable bonds is 2. The Morgan fingerprint density at radius 3 is 2.32 bits per heavy atom. The molecule has 0 unspecified atom stereocenters. The fraction of sp³-hybridized carbons (Fsp3) is 0.100. The third-order valence-corrected chi connectivity index (χ3v) is 3.99. The van der Waals surface area contributed by atoms with Crippen molar-refractivity contribution in [1.82, 2.24) is 9.78 Å². The van der Waals surface area contributed by atoms with Gasteiger partial charge in [0.15, 0.2) is 0 Å². The van der Waals surface area contributed by atoms with E-state index in [-0.39, 0.29) is 21.3 Å². The van der Waals surface area contributed by atoms with Crippen molar-refractivity contribution in [3.05, 3.63) is 44.3 Å². The molecule has 0 bridgehead atoms. The number of hydrogen-bond donors (Lipinski definition) is 2. The molecule has 19 heavy (non-hydrogen) atoms. The summed E-state index contributed by atoms with van der Waals surface area (Å²) in [6.07, 6.45) is 0. The van der Waals surface area contributed by atoms with E-state index in [4.69, 9.17) is 27.8 Å². The molecule has 2 N–H and O–H groups in total. The lowest BCUT2D eigenvalue weighted by Gasteiger charge is -2.08. The number of aryl methyl sites for hydroxylation is 1. The van der Waals surface area contributed by atoms with Crippen LogP contribution in [0.1, 0.15) is 5.69 Å². The number of hydrogen-bond acceptors (Lipinski definition) is 3. The molecule has 1 aromatic carbocycles. The van der Waals surface area contributed by atoms with Crippen LogP contribution in [0.3, 0.4) is 0 Å². The summed E-state index contributed by atoms with van der Waals surface area (Å²) in [4.78, 5) is 11.1. The van der Waals surface area contributed by atoms with Crippen LogP contribution in [0.25, 0.3) is 5.69 Å². The zero-order chi connectivity index (χ0) is 14.4. The Balaban J connectivity index is 2.72. The van der Waals surface area contributed by atoms with Gasteiger partial charge in [0, 0.05) is 11.8 Å². The number of nitrogens with zero attached hydrogens (tertiary/aromatic N) is 1. The number of H-pyrrole nitrogens is 1. The van der Waals surface area contributed by atoms with Crippen LogP contribution in [0.5, 0.6) is 0 Å². The van der Waals surface area contributed by atoms with E-state index in [9.17, 15) is 13.2 Å². The molecule has 0 fully saturated rings. The van der Waals surface area contributed by atoms with Crippen LogP contribution >= 0.6 is 23.2 Å². The van der Waals surface area contributed by atoms with Crippen molar-refractivity contribution in [1.29, 1.82) is 0 Å². The van der Waals surface area contributed by atoms with Gasteiger partial charge in [0.2, 0.25) is 0 Å². The summed E-state index contributed by atoms with van der Waals surface area (Å²) in [7, 11) is -4.47. The Labute approximate surface area is 118 Å². The Morgan fingerprint density at radius 1 is 1.21 bits per heavy atom. The highest BCUT2D eigenvalue weighted by atomic mass is 35.5. The van der Waals surface area contributed by atoms with Crippen LogP contribution in [-0.4, -0.2) is 22.8 Å². The van der Waals surface area contributed by atoms with E-state index in [2.05, 4.69) is 5.10 Å². The minimum absolute atomic E-state index is 0.0408. The highest BCUT2D eigenvalue weighted by Gasteiger charge is 2.19. The topological polar surface area (TPSA) is 92.2 Å². The Hall–Kier alpha value is -1.28. The molecule has 1 aromatic heterocycles. The Bertz CT molecular complexity index is 807. The smallest absolute Gasteiger partial charge is 0.295 e. The first kappa shape index (κ1) is 14.1. The lowest BCUT2D eigenvalue weighted by molar-refractivity contribution is 0.483. The number of aromatic nitrogens is 2. The summed E-state index contributed by atoms with van der Waals surface area (Å²) < 4.78 is 32.2. The first-order chi connectivity index (χ1) is 8.70. The molecule has 0 aliphatic carbocycles. The minimum Gasteiger partial charge on any atom is -0.295 e. The van der Waals surface area contributed by atoms with Crippen molar-refractivity contribution in [2.75, 3.05) is 0 Å². The molecular weight excluding hydrogens is 315 g/mol. The second-order valence-electron chi connectivity index (χ2n) is 3.82. The van der Waals surface area contributed by atoms with Crippen molar-refractivity contribution in [3.63, 3.8) is 0 Å². The molecule has 0 saturated heterocycles. The monoisotopic (exact) mass is 322 g/mol. The summed E-state index contributed by atoms with van der Waals surface area (Å²) in [6.45, 7) is 1.68. The zero-order valence-corrected chi connectivity index (χ0v) is 11.8. The van der Waals surface area contributed by atoms with Crippen LogP contribution in [-0.2, 0) is 10.1 Å². The SMILES string of the molecule is Cc1cc(=O)n(-c2cc(Cl)c(S(=O)(=O)O)cc2Cl)[nH]1. The molecule has 2 rings (SSSR count). The van der Waals surface area contributed by atoms with Crippen molar-refractivity contribution in [2.45, 2.75) is 11.8 Å². The fourth-order valence-electron chi connectivity index (χ4n) is 1.58. The second-order valence-corrected chi connectivity index (χ2v) is 6.03. The molecule has 1 heterocycles. The predicted octanol–water partition coefficient (Wildman–Crippen LogP) is 2.03. The van der Waals surface area contributed by atoms with Crippen LogP contribution < -0.4 is 5.56 Å². The molecule has 0 aliphatic heterocycles. The van der Waals surface area contributed by atoms with E-state index < -0.39 is 15.0 Å². The maximum atomic E-state index is 11.6. The van der Waals surface area contributed by atoms with Crippen LogP contribution in [0.2, 0.25) is 10.0 Å². The summed E-state index contributed by atoms with van der Waals surface area (Å²) in [5.74, 6) is 0. The predicted molar refractivity (Wildman–Crippen MR) is 71.0 cm³/mol. The minimum atomic E-state index is -4.47. The van der Waals surface area contributed by atoms with Gasteiger partial charge in [-0.3, -0.25) is 14.4 Å². The van der Waals surface area contributed by atoms with Gasteiger partial charge in [-0.25, -0.2) is 4.68 Å². The molecule has 0 saturated carbocycles.